The van der Waals surface area contributed by atoms with Gasteiger partial charge in [-0.05, 0) is 25.7 Å². The molecule has 12 nitrogen and oxygen atoms in total. The van der Waals surface area contributed by atoms with E-state index >= 15 is 0 Å². The van der Waals surface area contributed by atoms with Crippen LogP contribution in [0.1, 0.15) is 187 Å². The second kappa shape index (κ2) is 31.9. The van der Waals surface area contributed by atoms with E-state index in [0.717, 1.165) is 44.9 Å². The van der Waals surface area contributed by atoms with Gasteiger partial charge in [-0.2, -0.15) is 4.31 Å². The van der Waals surface area contributed by atoms with Crippen LogP contribution in [0, 0.1) is 0 Å². The molecule has 0 aromatic rings. The van der Waals surface area contributed by atoms with Crippen LogP contribution < -0.4 is 0 Å². The molecule has 0 bridgehead atoms. The predicted octanol–water partition coefficient (Wildman–Crippen LogP) is 9.60. The fourth-order valence-electron chi connectivity index (χ4n) is 5.66. The molecule has 49 heavy (non-hydrogen) atoms. The Labute approximate surface area is 296 Å². The Morgan fingerprint density at radius 2 is 0.959 bits per heavy atom. The first-order valence-electron chi connectivity index (χ1n) is 19.2. The Kier molecular flexibility index (Phi) is 31.3. The number of aliphatic hydroxyl groups is 1. The molecule has 0 aliphatic rings. The highest BCUT2D eigenvalue weighted by atomic mass is 31.3. The minimum absolute atomic E-state index is 0.101. The van der Waals surface area contributed by atoms with Gasteiger partial charge in [-0.3, -0.25) is 14.1 Å². The lowest BCUT2D eigenvalue weighted by Crippen LogP contribution is -2.28. The van der Waals surface area contributed by atoms with E-state index in [1.54, 1.807) is 0 Å². The summed E-state index contributed by atoms with van der Waals surface area (Å²) in [5, 5.41) is 9.61. The average Bonchev–Trinajstić information content (AvgIpc) is 3.02. The van der Waals surface area contributed by atoms with E-state index in [1.165, 1.54) is 89.9 Å². The summed E-state index contributed by atoms with van der Waals surface area (Å²) in [7, 11) is -10.3. The molecule has 0 aliphatic carbocycles. The van der Waals surface area contributed by atoms with Gasteiger partial charge in [0.15, 0.2) is 6.10 Å². The predicted molar refractivity (Wildman–Crippen MR) is 192 cm³/mol. The highest BCUT2D eigenvalue weighted by Crippen LogP contribution is 2.58. The number of aliphatic hydroxyl groups excluding tert-OH is 1. The molecule has 292 valence electrons. The van der Waals surface area contributed by atoms with Crippen molar-refractivity contribution >= 4 is 27.6 Å². The summed E-state index contributed by atoms with van der Waals surface area (Å²) >= 11 is 0. The fourth-order valence-corrected chi connectivity index (χ4v) is 7.48. The maximum atomic E-state index is 12.4. The minimum Gasteiger partial charge on any atom is -0.462 e. The standard InChI is InChI=1S/C35H70O12P2/c1-3-5-7-9-11-13-14-15-16-18-20-22-24-28-34(37)44-31-33(30-36)45-35(38)29-25-27-32(46-49(42,43)47-48(39,40)41)26-23-21-19-17-12-10-8-6-4-2/h32-33,36H,3-31H2,1-2H3,(H,42,43)(H2,39,40,41). The van der Waals surface area contributed by atoms with Crippen molar-refractivity contribution in [2.75, 3.05) is 13.2 Å². The van der Waals surface area contributed by atoms with E-state index in [0.29, 0.717) is 12.8 Å². The minimum atomic E-state index is -5.26. The summed E-state index contributed by atoms with van der Waals surface area (Å²) in [5.74, 6) is -1.05. The van der Waals surface area contributed by atoms with Gasteiger partial charge in [0.1, 0.15) is 6.61 Å². The average molecular weight is 745 g/mol. The number of carbonyl (C=O) groups excluding carboxylic acids is 2. The van der Waals surface area contributed by atoms with Gasteiger partial charge in [-0.15, -0.1) is 0 Å². The topological polar surface area (TPSA) is 186 Å². The second-order valence-electron chi connectivity index (χ2n) is 13.2. The molecule has 0 saturated heterocycles. The normalized spacial score (nSPS) is 14.3. The monoisotopic (exact) mass is 744 g/mol. The van der Waals surface area contributed by atoms with Crippen molar-refractivity contribution < 1.29 is 56.8 Å². The Morgan fingerprint density at radius 1 is 0.551 bits per heavy atom. The van der Waals surface area contributed by atoms with Gasteiger partial charge < -0.3 is 29.3 Å². The van der Waals surface area contributed by atoms with Crippen LogP contribution in [-0.4, -0.2) is 57.1 Å². The Balaban J connectivity index is 4.31. The molecule has 0 aromatic heterocycles. The molecule has 0 radical (unpaired) electrons. The van der Waals surface area contributed by atoms with Crippen molar-refractivity contribution in [2.45, 2.75) is 199 Å². The molecule has 4 N–H and O–H groups in total. The molecule has 0 aromatic carbocycles. The first-order chi connectivity index (χ1) is 23.4. The maximum absolute atomic E-state index is 12.4. The van der Waals surface area contributed by atoms with Gasteiger partial charge in [-0.25, -0.2) is 9.13 Å². The van der Waals surface area contributed by atoms with E-state index in [2.05, 4.69) is 18.2 Å². The molecule has 3 atom stereocenters. The molecule has 14 heteroatoms. The van der Waals surface area contributed by atoms with E-state index in [4.69, 9.17) is 23.8 Å². The van der Waals surface area contributed by atoms with Crippen LogP contribution in [0.2, 0.25) is 0 Å². The van der Waals surface area contributed by atoms with Gasteiger partial charge in [-0.1, -0.05) is 149 Å². The zero-order valence-electron chi connectivity index (χ0n) is 30.6. The number of hydrogen-bond donors (Lipinski definition) is 4. The summed E-state index contributed by atoms with van der Waals surface area (Å²) in [6.07, 6.45) is 24.3. The van der Waals surface area contributed by atoms with Gasteiger partial charge in [0.2, 0.25) is 0 Å². The van der Waals surface area contributed by atoms with Crippen LogP contribution in [0.5, 0.6) is 0 Å². The van der Waals surface area contributed by atoms with Gasteiger partial charge in [0.05, 0.1) is 12.7 Å². The van der Waals surface area contributed by atoms with Crippen molar-refractivity contribution in [3.05, 3.63) is 0 Å². The van der Waals surface area contributed by atoms with Crippen molar-refractivity contribution in [3.8, 4) is 0 Å². The first kappa shape index (κ1) is 48.2. The molecule has 0 spiro atoms. The highest BCUT2D eigenvalue weighted by Gasteiger charge is 2.35. The van der Waals surface area contributed by atoms with Crippen LogP contribution in [0.25, 0.3) is 0 Å². The zero-order valence-corrected chi connectivity index (χ0v) is 32.4. The van der Waals surface area contributed by atoms with E-state index in [1.807, 2.05) is 0 Å². The first-order valence-corrected chi connectivity index (χ1v) is 22.2. The number of unbranched alkanes of at least 4 members (excludes halogenated alkanes) is 20. The van der Waals surface area contributed by atoms with E-state index in [9.17, 15) is 28.7 Å². The molecule has 0 fully saturated rings. The summed E-state index contributed by atoms with van der Waals surface area (Å²) in [6, 6.07) is 0. The molecule has 0 amide bonds. The number of rotatable bonds is 36. The largest absolute Gasteiger partial charge is 0.481 e. The molecular weight excluding hydrogens is 674 g/mol. The third-order valence-electron chi connectivity index (χ3n) is 8.44. The Morgan fingerprint density at radius 3 is 1.41 bits per heavy atom. The van der Waals surface area contributed by atoms with Crippen LogP contribution in [0.4, 0.5) is 0 Å². The number of ether oxygens (including phenoxy) is 2. The van der Waals surface area contributed by atoms with Crippen molar-refractivity contribution in [3.63, 3.8) is 0 Å². The Hall–Kier alpha value is -0.840. The van der Waals surface area contributed by atoms with Crippen molar-refractivity contribution in [1.29, 1.82) is 0 Å². The van der Waals surface area contributed by atoms with Gasteiger partial charge in [0, 0.05) is 12.8 Å². The molecule has 0 heterocycles. The lowest BCUT2D eigenvalue weighted by atomic mass is 10.0. The molecule has 0 rings (SSSR count). The molecular formula is C35H70O12P2. The van der Waals surface area contributed by atoms with Gasteiger partial charge in [0.25, 0.3) is 0 Å². The lowest BCUT2D eigenvalue weighted by Gasteiger charge is -2.21. The van der Waals surface area contributed by atoms with Crippen LogP contribution in [0.15, 0.2) is 0 Å². The number of hydrogen-bond acceptors (Lipinski definition) is 9. The lowest BCUT2D eigenvalue weighted by molar-refractivity contribution is -0.161. The third-order valence-corrected chi connectivity index (χ3v) is 10.7. The third kappa shape index (κ3) is 34.0. The van der Waals surface area contributed by atoms with Crippen molar-refractivity contribution in [2.24, 2.45) is 0 Å². The zero-order chi connectivity index (χ0) is 36.6. The van der Waals surface area contributed by atoms with Gasteiger partial charge >= 0.3 is 27.6 Å². The van der Waals surface area contributed by atoms with Crippen LogP contribution in [0.3, 0.4) is 0 Å². The highest BCUT2D eigenvalue weighted by molar-refractivity contribution is 7.60. The smallest absolute Gasteiger partial charge is 0.462 e. The molecule has 0 aliphatic heterocycles. The number of phosphoric acid groups is 2. The quantitative estimate of drug-likeness (QED) is 0.0271. The summed E-state index contributed by atoms with van der Waals surface area (Å²) in [4.78, 5) is 52.3. The van der Waals surface area contributed by atoms with E-state index in [-0.39, 0.29) is 32.3 Å². The fraction of sp³-hybridized carbons (Fsp3) is 0.943. The van der Waals surface area contributed by atoms with Crippen molar-refractivity contribution in [1.82, 2.24) is 0 Å². The molecule has 3 unspecified atom stereocenters. The van der Waals surface area contributed by atoms with E-state index < -0.39 is 46.4 Å². The molecule has 0 saturated carbocycles. The maximum Gasteiger partial charge on any atom is 0.481 e. The second-order valence-corrected chi connectivity index (χ2v) is 16.0. The summed E-state index contributed by atoms with van der Waals surface area (Å²) in [5.41, 5.74) is 0. The summed E-state index contributed by atoms with van der Waals surface area (Å²) in [6.45, 7) is 3.63. The Bertz CT molecular complexity index is 898. The number of carbonyl (C=O) groups is 2. The summed E-state index contributed by atoms with van der Waals surface area (Å²) < 4.78 is 42.7. The van der Waals surface area contributed by atoms with Crippen LogP contribution in [-0.2, 0) is 37.0 Å². The number of phosphoric ester groups is 1. The van der Waals surface area contributed by atoms with Crippen LogP contribution >= 0.6 is 15.6 Å². The number of esters is 2. The SMILES string of the molecule is CCCCCCCCCCCCCCCC(=O)OCC(CO)OC(=O)CCCC(CCCCCCCCCCC)OP(=O)(O)OP(=O)(O)O.